The average Bonchev–Trinajstić information content (AvgIpc) is 2.79. The molecule has 0 aromatic carbocycles. The van der Waals surface area contributed by atoms with Gasteiger partial charge in [0, 0.05) is 6.61 Å². The quantitative estimate of drug-likeness (QED) is 0.831. The number of hydrogen-bond acceptors (Lipinski definition) is 3. The molecule has 2 aliphatic heterocycles. The third kappa shape index (κ3) is 2.86. The maximum Gasteiger partial charge on any atom is 0.240 e. The van der Waals surface area contributed by atoms with Crippen LogP contribution in [0.5, 0.6) is 0 Å². The second-order valence-corrected chi connectivity index (χ2v) is 6.40. The Labute approximate surface area is 110 Å². The van der Waals surface area contributed by atoms with Crippen molar-refractivity contribution >= 4 is 5.91 Å². The van der Waals surface area contributed by atoms with Crippen LogP contribution in [0.4, 0.5) is 0 Å². The molecule has 104 valence electrons. The van der Waals surface area contributed by atoms with Gasteiger partial charge in [0.2, 0.25) is 5.91 Å². The summed E-state index contributed by atoms with van der Waals surface area (Å²) in [6.07, 6.45) is 3.34. The van der Waals surface area contributed by atoms with E-state index in [0.717, 1.165) is 32.4 Å². The number of nitrogens with zero attached hydrogens (tertiary/aromatic N) is 1. The summed E-state index contributed by atoms with van der Waals surface area (Å²) in [6.45, 7) is 10.0. The molecule has 2 fully saturated rings. The summed E-state index contributed by atoms with van der Waals surface area (Å²) in [5.74, 6) is 0.803. The van der Waals surface area contributed by atoms with Gasteiger partial charge in [-0.15, -0.1) is 0 Å². The van der Waals surface area contributed by atoms with Gasteiger partial charge < -0.3 is 9.64 Å². The third-order valence-corrected chi connectivity index (χ3v) is 3.97. The van der Waals surface area contributed by atoms with Crippen molar-refractivity contribution in [3.8, 4) is 0 Å². The summed E-state index contributed by atoms with van der Waals surface area (Å²) in [6, 6.07) is -0.0567. The lowest BCUT2D eigenvalue weighted by Crippen LogP contribution is -2.47. The van der Waals surface area contributed by atoms with E-state index in [0.29, 0.717) is 5.92 Å². The summed E-state index contributed by atoms with van der Waals surface area (Å²) in [4.78, 5) is 14.2. The van der Waals surface area contributed by atoms with Crippen LogP contribution in [-0.4, -0.2) is 41.8 Å². The molecule has 3 atom stereocenters. The number of ether oxygens (including phenoxy) is 1. The first kappa shape index (κ1) is 13.8. The highest BCUT2D eigenvalue weighted by molar-refractivity contribution is 5.84. The van der Waals surface area contributed by atoms with E-state index in [4.69, 9.17) is 4.74 Å². The van der Waals surface area contributed by atoms with Crippen LogP contribution in [-0.2, 0) is 9.53 Å². The van der Waals surface area contributed by atoms with Crippen molar-refractivity contribution in [1.82, 2.24) is 10.2 Å². The summed E-state index contributed by atoms with van der Waals surface area (Å²) < 4.78 is 5.82. The highest BCUT2D eigenvalue weighted by atomic mass is 16.5. The Bertz CT molecular complexity index is 311. The van der Waals surface area contributed by atoms with Crippen LogP contribution in [0, 0.1) is 5.92 Å². The van der Waals surface area contributed by atoms with Crippen molar-refractivity contribution < 1.29 is 9.53 Å². The number of hydrogen-bond donors (Lipinski definition) is 1. The van der Waals surface area contributed by atoms with E-state index in [2.05, 4.69) is 26.1 Å². The summed E-state index contributed by atoms with van der Waals surface area (Å²) in [5, 5.41) is 3.40. The molecule has 0 bridgehead atoms. The predicted octanol–water partition coefficient (Wildman–Crippen LogP) is 1.75. The zero-order valence-electron chi connectivity index (χ0n) is 12.0. The third-order valence-electron chi connectivity index (χ3n) is 3.97. The van der Waals surface area contributed by atoms with Gasteiger partial charge in [-0.3, -0.25) is 10.1 Å². The molecule has 0 aromatic rings. The minimum absolute atomic E-state index is 0.0567. The molecule has 4 heteroatoms. The molecule has 2 heterocycles. The summed E-state index contributed by atoms with van der Waals surface area (Å²) >= 11 is 0. The van der Waals surface area contributed by atoms with Gasteiger partial charge >= 0.3 is 0 Å². The van der Waals surface area contributed by atoms with Crippen molar-refractivity contribution in [3.63, 3.8) is 0 Å². The van der Waals surface area contributed by atoms with Crippen LogP contribution in [0.2, 0.25) is 0 Å². The molecule has 4 nitrogen and oxygen atoms in total. The molecule has 18 heavy (non-hydrogen) atoms. The molecule has 0 saturated carbocycles. The van der Waals surface area contributed by atoms with Crippen LogP contribution in [0.15, 0.2) is 0 Å². The van der Waals surface area contributed by atoms with E-state index >= 15 is 0 Å². The van der Waals surface area contributed by atoms with E-state index in [1.165, 1.54) is 0 Å². The van der Waals surface area contributed by atoms with E-state index in [9.17, 15) is 4.79 Å². The first-order valence-electron chi connectivity index (χ1n) is 7.12. The van der Waals surface area contributed by atoms with Gasteiger partial charge in [-0.2, -0.15) is 0 Å². The fourth-order valence-corrected chi connectivity index (χ4v) is 3.00. The SMILES string of the molecule is CC(C)CC1NC(C)C(=O)N1CC1(C)CCCO1. The van der Waals surface area contributed by atoms with Crippen LogP contribution in [0.25, 0.3) is 0 Å². The maximum atomic E-state index is 12.2. The molecule has 2 aliphatic rings. The average molecular weight is 254 g/mol. The summed E-state index contributed by atoms with van der Waals surface area (Å²) in [5.41, 5.74) is -0.142. The number of rotatable bonds is 4. The number of carbonyl (C=O) groups is 1. The smallest absolute Gasteiger partial charge is 0.240 e. The van der Waals surface area contributed by atoms with Gasteiger partial charge in [-0.05, 0) is 39.0 Å². The normalized spacial score (nSPS) is 36.9. The van der Waals surface area contributed by atoms with Crippen LogP contribution < -0.4 is 5.32 Å². The molecule has 1 amide bonds. The molecular weight excluding hydrogens is 228 g/mol. The topological polar surface area (TPSA) is 41.6 Å². The monoisotopic (exact) mass is 254 g/mol. The fraction of sp³-hybridized carbons (Fsp3) is 0.929. The molecule has 1 N–H and O–H groups in total. The molecule has 0 radical (unpaired) electrons. The first-order valence-corrected chi connectivity index (χ1v) is 7.12. The van der Waals surface area contributed by atoms with E-state index < -0.39 is 0 Å². The molecule has 0 spiro atoms. The van der Waals surface area contributed by atoms with Crippen molar-refractivity contribution in [2.75, 3.05) is 13.2 Å². The van der Waals surface area contributed by atoms with Crippen LogP contribution >= 0.6 is 0 Å². The van der Waals surface area contributed by atoms with E-state index in [1.807, 2.05) is 11.8 Å². The van der Waals surface area contributed by atoms with Gasteiger partial charge in [0.05, 0.1) is 24.4 Å². The lowest BCUT2D eigenvalue weighted by atomic mass is 10.0. The summed E-state index contributed by atoms with van der Waals surface area (Å²) in [7, 11) is 0. The Morgan fingerprint density at radius 3 is 2.83 bits per heavy atom. The Balaban J connectivity index is 2.04. The maximum absolute atomic E-state index is 12.2. The van der Waals surface area contributed by atoms with Crippen LogP contribution in [0.1, 0.15) is 47.0 Å². The molecule has 0 aliphatic carbocycles. The Kier molecular flexibility index (Phi) is 3.97. The minimum Gasteiger partial charge on any atom is -0.373 e. The van der Waals surface area contributed by atoms with Gasteiger partial charge in [-0.25, -0.2) is 0 Å². The first-order chi connectivity index (χ1) is 8.41. The fourth-order valence-electron chi connectivity index (χ4n) is 3.00. The lowest BCUT2D eigenvalue weighted by molar-refractivity contribution is -0.133. The van der Waals surface area contributed by atoms with Gasteiger partial charge in [-0.1, -0.05) is 13.8 Å². The molecular formula is C14H26N2O2. The zero-order valence-corrected chi connectivity index (χ0v) is 12.0. The van der Waals surface area contributed by atoms with E-state index in [-0.39, 0.29) is 23.7 Å². The lowest BCUT2D eigenvalue weighted by Gasteiger charge is -2.33. The van der Waals surface area contributed by atoms with Gasteiger partial charge in [0.1, 0.15) is 0 Å². The minimum atomic E-state index is -0.142. The highest BCUT2D eigenvalue weighted by Crippen LogP contribution is 2.29. The van der Waals surface area contributed by atoms with Crippen molar-refractivity contribution in [3.05, 3.63) is 0 Å². The predicted molar refractivity (Wildman–Crippen MR) is 71.1 cm³/mol. The van der Waals surface area contributed by atoms with Crippen molar-refractivity contribution in [2.45, 2.75) is 64.8 Å². The van der Waals surface area contributed by atoms with Gasteiger partial charge in [0.15, 0.2) is 0 Å². The Morgan fingerprint density at radius 2 is 2.28 bits per heavy atom. The highest BCUT2D eigenvalue weighted by Gasteiger charge is 2.41. The second-order valence-electron chi connectivity index (χ2n) is 6.40. The van der Waals surface area contributed by atoms with Gasteiger partial charge in [0.25, 0.3) is 0 Å². The van der Waals surface area contributed by atoms with Crippen molar-refractivity contribution in [2.24, 2.45) is 5.92 Å². The zero-order chi connectivity index (χ0) is 13.3. The molecule has 2 rings (SSSR count). The van der Waals surface area contributed by atoms with Crippen LogP contribution in [0.3, 0.4) is 0 Å². The Morgan fingerprint density at radius 1 is 1.56 bits per heavy atom. The standard InChI is InChI=1S/C14H26N2O2/c1-10(2)8-12-15-11(3)13(17)16(12)9-14(4)6-5-7-18-14/h10-12,15H,5-9H2,1-4H3. The number of carbonyl (C=O) groups excluding carboxylic acids is 1. The molecule has 0 aromatic heterocycles. The number of amides is 1. The number of nitrogens with one attached hydrogen (secondary N) is 1. The Hall–Kier alpha value is -0.610. The molecule has 3 unspecified atom stereocenters. The largest absolute Gasteiger partial charge is 0.373 e. The van der Waals surface area contributed by atoms with E-state index in [1.54, 1.807) is 0 Å². The molecule has 2 saturated heterocycles. The second kappa shape index (κ2) is 5.17. The van der Waals surface area contributed by atoms with Crippen molar-refractivity contribution in [1.29, 1.82) is 0 Å².